The van der Waals surface area contributed by atoms with Crippen LogP contribution >= 0.6 is 11.3 Å². The maximum atomic E-state index is 4.98. The van der Waals surface area contributed by atoms with Crippen molar-refractivity contribution in [3.63, 3.8) is 0 Å². The van der Waals surface area contributed by atoms with Crippen LogP contribution in [0.2, 0.25) is 0 Å². The average Bonchev–Trinajstić information content (AvgIpc) is 2.80. The first-order valence-corrected chi connectivity index (χ1v) is 8.54. The molecule has 0 spiro atoms. The zero-order chi connectivity index (χ0) is 12.4. The summed E-state index contributed by atoms with van der Waals surface area (Å²) in [5.74, 6) is 4.83. The van der Waals surface area contributed by atoms with Gasteiger partial charge >= 0.3 is 0 Å². The maximum Gasteiger partial charge on any atom is 0.0975 e. The lowest BCUT2D eigenvalue weighted by Gasteiger charge is -2.53. The van der Waals surface area contributed by atoms with Crippen LogP contribution in [0.1, 0.15) is 43.0 Å². The number of rotatable bonds is 1. The third kappa shape index (κ3) is 1.56. The van der Waals surface area contributed by atoms with Crippen LogP contribution in [0.3, 0.4) is 0 Å². The van der Waals surface area contributed by atoms with Gasteiger partial charge in [-0.1, -0.05) is 12.1 Å². The van der Waals surface area contributed by atoms with E-state index < -0.39 is 0 Å². The quantitative estimate of drug-likeness (QED) is 0.722. The Hall–Kier alpha value is -0.890. The predicted octanol–water partition coefficient (Wildman–Crippen LogP) is 4.84. The molecule has 2 heteroatoms. The first-order chi connectivity index (χ1) is 9.37. The molecule has 1 aromatic carbocycles. The van der Waals surface area contributed by atoms with Crippen molar-refractivity contribution < 1.29 is 0 Å². The summed E-state index contributed by atoms with van der Waals surface area (Å²) in [6.45, 7) is 0. The summed E-state index contributed by atoms with van der Waals surface area (Å²) in [7, 11) is 0. The summed E-state index contributed by atoms with van der Waals surface area (Å²) in [6.07, 6.45) is 7.52. The first kappa shape index (κ1) is 10.8. The fourth-order valence-corrected chi connectivity index (χ4v) is 6.62. The molecule has 1 aromatic heterocycles. The Morgan fingerprint density at radius 1 is 0.895 bits per heavy atom. The Labute approximate surface area is 118 Å². The fraction of sp³-hybridized carbons (Fsp3) is 0.588. The minimum Gasteiger partial charge on any atom is -0.241 e. The zero-order valence-electron chi connectivity index (χ0n) is 11.1. The SMILES string of the molecule is c1ccc2sc(C3C4CC5CC(C4)CC3C5)nc2c1. The minimum atomic E-state index is 0.796. The van der Waals surface area contributed by atoms with Crippen LogP contribution in [0.15, 0.2) is 24.3 Å². The van der Waals surface area contributed by atoms with E-state index in [1.54, 1.807) is 6.42 Å². The van der Waals surface area contributed by atoms with Crippen LogP contribution in [0.25, 0.3) is 10.2 Å². The second-order valence-electron chi connectivity index (χ2n) is 6.98. The lowest BCUT2D eigenvalue weighted by molar-refractivity contribution is -0.00277. The molecule has 0 N–H and O–H groups in total. The van der Waals surface area contributed by atoms with Crippen molar-refractivity contribution in [2.45, 2.75) is 38.0 Å². The molecule has 0 unspecified atom stereocenters. The van der Waals surface area contributed by atoms with E-state index in [9.17, 15) is 0 Å². The van der Waals surface area contributed by atoms with Gasteiger partial charge in [0.25, 0.3) is 0 Å². The second-order valence-corrected chi connectivity index (χ2v) is 8.04. The van der Waals surface area contributed by atoms with E-state index >= 15 is 0 Å². The molecule has 1 heterocycles. The highest BCUT2D eigenvalue weighted by Crippen LogP contribution is 2.60. The van der Waals surface area contributed by atoms with Gasteiger partial charge in [-0.3, -0.25) is 0 Å². The standard InChI is InChI=1S/C17H19NS/c1-2-4-15-14(3-1)18-17(19-15)16-12-6-10-5-11(8-12)9-13(16)7-10/h1-4,10-13,16H,5-9H2. The van der Waals surface area contributed by atoms with Crippen molar-refractivity contribution >= 4 is 21.6 Å². The van der Waals surface area contributed by atoms with Crippen molar-refractivity contribution in [1.29, 1.82) is 0 Å². The van der Waals surface area contributed by atoms with Gasteiger partial charge in [0.15, 0.2) is 0 Å². The van der Waals surface area contributed by atoms with E-state index in [0.29, 0.717) is 0 Å². The van der Waals surface area contributed by atoms with E-state index in [1.165, 1.54) is 40.9 Å². The van der Waals surface area contributed by atoms with Gasteiger partial charge in [-0.25, -0.2) is 4.98 Å². The molecule has 4 aliphatic rings. The number of para-hydroxylation sites is 1. The molecule has 0 aliphatic heterocycles. The molecule has 1 nitrogen and oxygen atoms in total. The van der Waals surface area contributed by atoms with E-state index in [0.717, 1.165) is 29.6 Å². The summed E-state index contributed by atoms with van der Waals surface area (Å²) in [5, 5.41) is 1.45. The number of fused-ring (bicyclic) bond motifs is 1. The highest BCUT2D eigenvalue weighted by atomic mass is 32.1. The van der Waals surface area contributed by atoms with Gasteiger partial charge in [-0.15, -0.1) is 11.3 Å². The molecule has 4 saturated carbocycles. The molecule has 4 aliphatic carbocycles. The van der Waals surface area contributed by atoms with Crippen LogP contribution in [-0.4, -0.2) is 4.98 Å². The van der Waals surface area contributed by atoms with Gasteiger partial charge < -0.3 is 0 Å². The molecule has 6 rings (SSSR count). The summed E-state index contributed by atoms with van der Waals surface area (Å²) >= 11 is 1.97. The van der Waals surface area contributed by atoms with Gasteiger partial charge in [0.05, 0.1) is 15.2 Å². The molecule has 0 saturated heterocycles. The van der Waals surface area contributed by atoms with Gasteiger partial charge in [0.1, 0.15) is 0 Å². The molecular formula is C17H19NS. The number of aromatic nitrogens is 1. The number of thiazole rings is 1. The van der Waals surface area contributed by atoms with Crippen molar-refractivity contribution in [3.05, 3.63) is 29.3 Å². The van der Waals surface area contributed by atoms with Crippen LogP contribution < -0.4 is 0 Å². The molecule has 4 fully saturated rings. The highest BCUT2D eigenvalue weighted by molar-refractivity contribution is 7.18. The number of hydrogen-bond donors (Lipinski definition) is 0. The van der Waals surface area contributed by atoms with Crippen molar-refractivity contribution in [3.8, 4) is 0 Å². The van der Waals surface area contributed by atoms with Gasteiger partial charge in [-0.05, 0) is 67.9 Å². The molecule has 98 valence electrons. The van der Waals surface area contributed by atoms with E-state index in [4.69, 9.17) is 4.98 Å². The smallest absolute Gasteiger partial charge is 0.0975 e. The Kier molecular flexibility index (Phi) is 2.18. The van der Waals surface area contributed by atoms with E-state index in [1.807, 2.05) is 11.3 Å². The molecule has 2 aromatic rings. The predicted molar refractivity (Wildman–Crippen MR) is 79.4 cm³/mol. The van der Waals surface area contributed by atoms with Crippen molar-refractivity contribution in [2.75, 3.05) is 0 Å². The normalized spacial score (nSPS) is 40.1. The van der Waals surface area contributed by atoms with Gasteiger partial charge in [0, 0.05) is 5.92 Å². The number of hydrogen-bond acceptors (Lipinski definition) is 2. The topological polar surface area (TPSA) is 12.9 Å². The van der Waals surface area contributed by atoms with Crippen LogP contribution in [0, 0.1) is 23.7 Å². The minimum absolute atomic E-state index is 0.796. The highest BCUT2D eigenvalue weighted by Gasteiger charge is 2.49. The Balaban J connectivity index is 1.58. The van der Waals surface area contributed by atoms with Gasteiger partial charge in [0.2, 0.25) is 0 Å². The Morgan fingerprint density at radius 2 is 1.58 bits per heavy atom. The lowest BCUT2D eigenvalue weighted by atomic mass is 9.52. The van der Waals surface area contributed by atoms with E-state index in [2.05, 4.69) is 24.3 Å². The Bertz CT molecular complexity index is 568. The molecule has 0 amide bonds. The first-order valence-electron chi connectivity index (χ1n) is 7.72. The summed E-state index contributed by atoms with van der Waals surface area (Å²) in [5.41, 5.74) is 1.22. The van der Waals surface area contributed by atoms with Crippen LogP contribution in [0.4, 0.5) is 0 Å². The van der Waals surface area contributed by atoms with Crippen LogP contribution in [-0.2, 0) is 0 Å². The average molecular weight is 269 g/mol. The third-order valence-corrected chi connectivity index (χ3v) is 6.96. The lowest BCUT2D eigenvalue weighted by Crippen LogP contribution is -2.43. The zero-order valence-corrected chi connectivity index (χ0v) is 11.9. The largest absolute Gasteiger partial charge is 0.241 e. The fourth-order valence-electron chi connectivity index (χ4n) is 5.36. The van der Waals surface area contributed by atoms with E-state index in [-0.39, 0.29) is 0 Å². The molecule has 4 bridgehead atoms. The van der Waals surface area contributed by atoms with Crippen LogP contribution in [0.5, 0.6) is 0 Å². The number of nitrogens with zero attached hydrogens (tertiary/aromatic N) is 1. The third-order valence-electron chi connectivity index (χ3n) is 5.82. The van der Waals surface area contributed by atoms with Crippen molar-refractivity contribution in [2.24, 2.45) is 23.7 Å². The monoisotopic (exact) mass is 269 g/mol. The second kappa shape index (κ2) is 3.82. The molecular weight excluding hydrogens is 250 g/mol. The summed E-state index contributed by atoms with van der Waals surface area (Å²) < 4.78 is 1.38. The Morgan fingerprint density at radius 3 is 2.26 bits per heavy atom. The summed E-state index contributed by atoms with van der Waals surface area (Å²) in [6, 6.07) is 8.65. The summed E-state index contributed by atoms with van der Waals surface area (Å²) in [4.78, 5) is 4.98. The van der Waals surface area contributed by atoms with Gasteiger partial charge in [-0.2, -0.15) is 0 Å². The molecule has 0 radical (unpaired) electrons. The molecule has 0 atom stereocenters. The molecule has 19 heavy (non-hydrogen) atoms. The maximum absolute atomic E-state index is 4.98. The van der Waals surface area contributed by atoms with Crippen molar-refractivity contribution in [1.82, 2.24) is 4.98 Å². The number of benzene rings is 1.